The van der Waals surface area contributed by atoms with Crippen LogP contribution in [0.3, 0.4) is 0 Å². The van der Waals surface area contributed by atoms with E-state index in [1.165, 1.54) is 25.7 Å². The third kappa shape index (κ3) is 4.68. The number of amides is 1. The molecule has 0 aromatic carbocycles. The molecule has 2 rings (SSSR count). The monoisotopic (exact) mass is 296 g/mol. The standard InChI is InChI=1S/C17H32N2O2/c1-17(2,3)18-16(21)15-11-13-7-4-5-8-14(13)12-19(15)9-6-10-20/h13-15,20H,4-12H2,1-3H3,(H,18,21)/t13-,14+,15-/m0/s1. The molecule has 2 fully saturated rings. The van der Waals surface area contributed by atoms with Gasteiger partial charge in [-0.05, 0) is 51.9 Å². The Kier molecular flexibility index (Phi) is 5.67. The largest absolute Gasteiger partial charge is 0.396 e. The second-order valence-corrected chi connectivity index (χ2v) is 7.87. The lowest BCUT2D eigenvalue weighted by atomic mass is 9.72. The highest BCUT2D eigenvalue weighted by Gasteiger charge is 2.40. The summed E-state index contributed by atoms with van der Waals surface area (Å²) in [6.45, 7) is 8.19. The fraction of sp³-hybridized carbons (Fsp3) is 0.941. The molecule has 0 unspecified atom stereocenters. The predicted molar refractivity (Wildman–Crippen MR) is 85.0 cm³/mol. The molecule has 2 N–H and O–H groups in total. The Morgan fingerprint density at radius 1 is 1.24 bits per heavy atom. The number of carbonyl (C=O) groups is 1. The molecule has 0 radical (unpaired) electrons. The van der Waals surface area contributed by atoms with Crippen molar-refractivity contribution in [2.75, 3.05) is 19.7 Å². The normalized spacial score (nSPS) is 30.8. The number of rotatable bonds is 4. The fourth-order valence-corrected chi connectivity index (χ4v) is 3.95. The molecule has 1 aliphatic heterocycles. The van der Waals surface area contributed by atoms with E-state index in [1.807, 2.05) is 20.8 Å². The molecule has 1 aliphatic carbocycles. The average molecular weight is 296 g/mol. The number of nitrogens with one attached hydrogen (secondary N) is 1. The van der Waals surface area contributed by atoms with Gasteiger partial charge in [0, 0.05) is 25.2 Å². The number of carbonyl (C=O) groups excluding carboxylic acids is 1. The van der Waals surface area contributed by atoms with Gasteiger partial charge in [0.05, 0.1) is 6.04 Å². The summed E-state index contributed by atoms with van der Waals surface area (Å²) in [6.07, 6.45) is 7.03. The Morgan fingerprint density at radius 2 is 1.90 bits per heavy atom. The van der Waals surface area contributed by atoms with E-state index in [-0.39, 0.29) is 24.1 Å². The van der Waals surface area contributed by atoms with Gasteiger partial charge in [-0.3, -0.25) is 9.69 Å². The van der Waals surface area contributed by atoms with Gasteiger partial charge in [-0.15, -0.1) is 0 Å². The number of hydrogen-bond acceptors (Lipinski definition) is 3. The first kappa shape index (κ1) is 16.8. The highest BCUT2D eigenvalue weighted by molar-refractivity contribution is 5.82. The molecule has 0 aromatic heterocycles. The fourth-order valence-electron chi connectivity index (χ4n) is 3.95. The topological polar surface area (TPSA) is 52.6 Å². The van der Waals surface area contributed by atoms with Crippen LogP contribution in [0.4, 0.5) is 0 Å². The quantitative estimate of drug-likeness (QED) is 0.836. The minimum absolute atomic E-state index is 0.00451. The van der Waals surface area contributed by atoms with Crippen molar-refractivity contribution in [2.45, 2.75) is 70.9 Å². The van der Waals surface area contributed by atoms with Crippen molar-refractivity contribution in [3.05, 3.63) is 0 Å². The summed E-state index contributed by atoms with van der Waals surface area (Å²) in [7, 11) is 0. The molecule has 0 spiro atoms. The van der Waals surface area contributed by atoms with Crippen molar-refractivity contribution in [1.29, 1.82) is 0 Å². The van der Waals surface area contributed by atoms with E-state index >= 15 is 0 Å². The third-order valence-electron chi connectivity index (χ3n) is 4.91. The second kappa shape index (κ2) is 7.10. The van der Waals surface area contributed by atoms with Crippen LogP contribution in [0, 0.1) is 11.8 Å². The van der Waals surface area contributed by atoms with Gasteiger partial charge in [-0.2, -0.15) is 0 Å². The minimum Gasteiger partial charge on any atom is -0.396 e. The van der Waals surface area contributed by atoms with Crippen molar-refractivity contribution in [3.8, 4) is 0 Å². The molecule has 4 heteroatoms. The maximum atomic E-state index is 12.6. The lowest BCUT2D eigenvalue weighted by Gasteiger charge is -2.46. The minimum atomic E-state index is -0.177. The zero-order chi connectivity index (χ0) is 15.5. The second-order valence-electron chi connectivity index (χ2n) is 7.87. The Labute approximate surface area is 129 Å². The maximum absolute atomic E-state index is 12.6. The lowest BCUT2D eigenvalue weighted by molar-refractivity contribution is -0.131. The van der Waals surface area contributed by atoms with Crippen LogP contribution in [0.15, 0.2) is 0 Å². The van der Waals surface area contributed by atoms with E-state index in [4.69, 9.17) is 5.11 Å². The summed E-state index contributed by atoms with van der Waals surface area (Å²) in [5.41, 5.74) is -0.177. The summed E-state index contributed by atoms with van der Waals surface area (Å²) >= 11 is 0. The SMILES string of the molecule is CC(C)(C)NC(=O)[C@@H]1C[C@@H]2CCCC[C@@H]2CN1CCCO. The van der Waals surface area contributed by atoms with Crippen molar-refractivity contribution in [3.63, 3.8) is 0 Å². The molecule has 2 aliphatic rings. The van der Waals surface area contributed by atoms with E-state index in [0.717, 1.165) is 37.8 Å². The Bertz CT molecular complexity index is 351. The first-order valence-corrected chi connectivity index (χ1v) is 8.57. The predicted octanol–water partition coefficient (Wildman–Crippen LogP) is 2.16. The van der Waals surface area contributed by atoms with Gasteiger partial charge >= 0.3 is 0 Å². The van der Waals surface area contributed by atoms with Crippen molar-refractivity contribution < 1.29 is 9.90 Å². The number of aliphatic hydroxyl groups is 1. The summed E-state index contributed by atoms with van der Waals surface area (Å²) in [4.78, 5) is 15.0. The molecule has 0 bridgehead atoms. The number of fused-ring (bicyclic) bond motifs is 1. The molecule has 1 amide bonds. The number of nitrogens with zero attached hydrogens (tertiary/aromatic N) is 1. The van der Waals surface area contributed by atoms with Gasteiger partial charge in [0.15, 0.2) is 0 Å². The van der Waals surface area contributed by atoms with Gasteiger partial charge in [-0.1, -0.05) is 19.3 Å². The van der Waals surface area contributed by atoms with Crippen molar-refractivity contribution in [1.82, 2.24) is 10.2 Å². The van der Waals surface area contributed by atoms with E-state index < -0.39 is 0 Å². The van der Waals surface area contributed by atoms with Crippen LogP contribution in [-0.2, 0) is 4.79 Å². The number of hydrogen-bond donors (Lipinski definition) is 2. The van der Waals surface area contributed by atoms with Crippen LogP contribution in [0.5, 0.6) is 0 Å². The summed E-state index contributed by atoms with van der Waals surface area (Å²) in [6, 6.07) is -0.00451. The van der Waals surface area contributed by atoms with Crippen LogP contribution in [0.2, 0.25) is 0 Å². The van der Waals surface area contributed by atoms with Crippen LogP contribution in [-0.4, -0.2) is 47.2 Å². The molecule has 1 heterocycles. The first-order valence-electron chi connectivity index (χ1n) is 8.57. The van der Waals surface area contributed by atoms with Crippen LogP contribution >= 0.6 is 0 Å². The Hall–Kier alpha value is -0.610. The number of piperidine rings is 1. The summed E-state index contributed by atoms with van der Waals surface area (Å²) < 4.78 is 0. The molecular weight excluding hydrogens is 264 g/mol. The molecule has 4 nitrogen and oxygen atoms in total. The summed E-state index contributed by atoms with van der Waals surface area (Å²) in [5.74, 6) is 1.65. The molecule has 21 heavy (non-hydrogen) atoms. The molecule has 122 valence electrons. The Morgan fingerprint density at radius 3 is 2.52 bits per heavy atom. The number of aliphatic hydroxyl groups excluding tert-OH is 1. The number of likely N-dealkylation sites (tertiary alicyclic amines) is 1. The molecular formula is C17H32N2O2. The van der Waals surface area contributed by atoms with E-state index in [1.54, 1.807) is 0 Å². The molecule has 0 aromatic rings. The highest BCUT2D eigenvalue weighted by Crippen LogP contribution is 2.38. The van der Waals surface area contributed by atoms with E-state index in [2.05, 4.69) is 10.2 Å². The molecule has 3 atom stereocenters. The molecule has 1 saturated carbocycles. The van der Waals surface area contributed by atoms with Gasteiger partial charge in [0.25, 0.3) is 0 Å². The zero-order valence-electron chi connectivity index (χ0n) is 13.9. The van der Waals surface area contributed by atoms with E-state index in [0.29, 0.717) is 0 Å². The van der Waals surface area contributed by atoms with Crippen molar-refractivity contribution in [2.24, 2.45) is 11.8 Å². The van der Waals surface area contributed by atoms with Crippen molar-refractivity contribution >= 4 is 5.91 Å². The zero-order valence-corrected chi connectivity index (χ0v) is 13.9. The van der Waals surface area contributed by atoms with Gasteiger partial charge in [-0.25, -0.2) is 0 Å². The van der Waals surface area contributed by atoms with Gasteiger partial charge in [0.1, 0.15) is 0 Å². The van der Waals surface area contributed by atoms with Gasteiger partial charge < -0.3 is 10.4 Å². The summed E-state index contributed by atoms with van der Waals surface area (Å²) in [5, 5.41) is 12.3. The third-order valence-corrected chi connectivity index (χ3v) is 4.91. The molecule has 1 saturated heterocycles. The maximum Gasteiger partial charge on any atom is 0.237 e. The van der Waals surface area contributed by atoms with E-state index in [9.17, 15) is 4.79 Å². The first-order chi connectivity index (χ1) is 9.90. The van der Waals surface area contributed by atoms with Crippen LogP contribution < -0.4 is 5.32 Å². The van der Waals surface area contributed by atoms with Crippen LogP contribution in [0.25, 0.3) is 0 Å². The smallest absolute Gasteiger partial charge is 0.237 e. The highest BCUT2D eigenvalue weighted by atomic mass is 16.3. The lowest BCUT2D eigenvalue weighted by Crippen LogP contribution is -2.57. The van der Waals surface area contributed by atoms with Crippen LogP contribution in [0.1, 0.15) is 59.3 Å². The average Bonchev–Trinajstić information content (AvgIpc) is 2.42. The Balaban J connectivity index is 2.04. The van der Waals surface area contributed by atoms with Gasteiger partial charge in [0.2, 0.25) is 5.91 Å².